The highest BCUT2D eigenvalue weighted by atomic mass is 28.4. The van der Waals surface area contributed by atoms with Gasteiger partial charge in [0.15, 0.2) is 0 Å². The van der Waals surface area contributed by atoms with Crippen molar-refractivity contribution in [1.29, 1.82) is 0 Å². The van der Waals surface area contributed by atoms with Gasteiger partial charge in [-0.3, -0.25) is 0 Å². The van der Waals surface area contributed by atoms with E-state index in [1.165, 1.54) is 10.4 Å². The van der Waals surface area contributed by atoms with Crippen LogP contribution in [-0.4, -0.2) is 23.0 Å². The molecule has 178 valence electrons. The van der Waals surface area contributed by atoms with E-state index >= 15 is 0 Å². The lowest BCUT2D eigenvalue weighted by atomic mass is 10.2. The van der Waals surface area contributed by atoms with Crippen LogP contribution in [0, 0.1) is 23.3 Å². The molecule has 0 aliphatic rings. The maximum Gasteiger partial charge on any atom is 0.261 e. The summed E-state index contributed by atoms with van der Waals surface area (Å²) in [5.74, 6) is 9.95. The first kappa shape index (κ1) is 26.5. The zero-order valence-corrected chi connectivity index (χ0v) is 23.9. The highest BCUT2D eigenvalue weighted by molar-refractivity contribution is 6.99. The molecule has 0 saturated heterocycles. The largest absolute Gasteiger partial charge is 0.404 e. The number of benzene rings is 3. The summed E-state index contributed by atoms with van der Waals surface area (Å²) in [6.07, 6.45) is 2.07. The molecule has 0 atom stereocenters. The van der Waals surface area contributed by atoms with E-state index in [9.17, 15) is 0 Å². The summed E-state index contributed by atoms with van der Waals surface area (Å²) in [5.41, 5.74) is 5.29. The van der Waals surface area contributed by atoms with Crippen LogP contribution in [0.5, 0.6) is 0 Å². The predicted molar refractivity (Wildman–Crippen MR) is 156 cm³/mol. The van der Waals surface area contributed by atoms with E-state index in [1.807, 2.05) is 30.3 Å². The Morgan fingerprint density at radius 2 is 1.23 bits per heavy atom. The Morgan fingerprint density at radius 3 is 1.69 bits per heavy atom. The average molecular weight is 493 g/mol. The van der Waals surface area contributed by atoms with Gasteiger partial charge in [0, 0.05) is 5.56 Å². The molecule has 0 aromatic heterocycles. The van der Waals surface area contributed by atoms with Crippen LogP contribution in [0.4, 0.5) is 0 Å². The monoisotopic (exact) mass is 492 g/mol. The maximum absolute atomic E-state index is 7.02. The summed E-state index contributed by atoms with van der Waals surface area (Å²) >= 11 is 0. The third-order valence-electron chi connectivity index (χ3n) is 5.69. The lowest BCUT2D eigenvalue weighted by Gasteiger charge is -2.42. The second-order valence-corrected chi connectivity index (χ2v) is 19.8. The number of rotatable bonds is 5. The Hall–Kier alpha value is -3.09. The van der Waals surface area contributed by atoms with Crippen molar-refractivity contribution < 1.29 is 4.43 Å². The van der Waals surface area contributed by atoms with Crippen molar-refractivity contribution in [1.82, 2.24) is 0 Å². The van der Waals surface area contributed by atoms with E-state index in [0.717, 1.165) is 11.1 Å². The quantitative estimate of drug-likeness (QED) is 0.295. The Bertz CT molecular complexity index is 1200. The van der Waals surface area contributed by atoms with Crippen LogP contribution >= 0.6 is 0 Å². The van der Waals surface area contributed by atoms with Crippen molar-refractivity contribution in [3.8, 4) is 23.3 Å². The topological polar surface area (TPSA) is 9.23 Å². The van der Waals surface area contributed by atoms with Gasteiger partial charge in [0.05, 0.1) is 12.2 Å². The fourth-order valence-electron chi connectivity index (χ4n) is 4.06. The molecule has 0 aliphatic carbocycles. The Kier molecular flexibility index (Phi) is 8.76. The summed E-state index contributed by atoms with van der Waals surface area (Å²) in [7, 11) is -4.14. The maximum atomic E-state index is 7.02. The van der Waals surface area contributed by atoms with E-state index < -0.39 is 16.4 Å². The zero-order chi connectivity index (χ0) is 25.4. The molecule has 0 radical (unpaired) electrons. The molecule has 3 heteroatoms. The van der Waals surface area contributed by atoms with Crippen LogP contribution in [0.3, 0.4) is 0 Å². The van der Waals surface area contributed by atoms with E-state index in [4.69, 9.17) is 4.43 Å². The average Bonchev–Trinajstić information content (AvgIpc) is 2.83. The minimum atomic E-state index is -2.59. The highest BCUT2D eigenvalue weighted by Crippen LogP contribution is 2.36. The third kappa shape index (κ3) is 7.20. The summed E-state index contributed by atoms with van der Waals surface area (Å²) in [6.45, 7) is 14.1. The molecule has 0 heterocycles. The first-order valence-electron chi connectivity index (χ1n) is 12.2. The second-order valence-electron chi connectivity index (χ2n) is 10.7. The van der Waals surface area contributed by atoms with Gasteiger partial charge in [-0.05, 0) is 33.6 Å². The molecule has 0 unspecified atom stereocenters. The molecule has 0 bridgehead atoms. The number of hydrogen-bond donors (Lipinski definition) is 0. The van der Waals surface area contributed by atoms with E-state index in [-0.39, 0.29) is 5.04 Å². The molecule has 1 nitrogen and oxygen atoms in total. The van der Waals surface area contributed by atoms with Gasteiger partial charge < -0.3 is 4.43 Å². The van der Waals surface area contributed by atoms with Crippen molar-refractivity contribution in [3.63, 3.8) is 0 Å². The second kappa shape index (κ2) is 11.6. The van der Waals surface area contributed by atoms with Gasteiger partial charge in [0.25, 0.3) is 8.32 Å². The minimum absolute atomic E-state index is 0.0660. The normalized spacial score (nSPS) is 12.2. The van der Waals surface area contributed by atoms with Crippen molar-refractivity contribution in [2.45, 2.75) is 45.5 Å². The molecule has 0 fully saturated rings. The van der Waals surface area contributed by atoms with E-state index in [1.54, 1.807) is 0 Å². The molecule has 0 amide bonds. The Morgan fingerprint density at radius 1 is 0.743 bits per heavy atom. The van der Waals surface area contributed by atoms with Crippen LogP contribution in [0.25, 0.3) is 0 Å². The van der Waals surface area contributed by atoms with Crippen molar-refractivity contribution in [2.24, 2.45) is 0 Å². The molecular formula is C32H36OSi2. The number of allylic oxidation sites excluding steroid dienone is 1. The fourth-order valence-corrected chi connectivity index (χ4v) is 9.06. The van der Waals surface area contributed by atoms with Crippen LogP contribution in [0.2, 0.25) is 24.7 Å². The minimum Gasteiger partial charge on any atom is -0.404 e. The van der Waals surface area contributed by atoms with E-state index in [2.05, 4.69) is 130 Å². The molecule has 3 rings (SSSR count). The zero-order valence-electron chi connectivity index (χ0n) is 21.9. The van der Waals surface area contributed by atoms with Gasteiger partial charge in [0.2, 0.25) is 0 Å². The molecule has 0 N–H and O–H groups in total. The van der Waals surface area contributed by atoms with Gasteiger partial charge in [-0.25, -0.2) is 0 Å². The highest BCUT2D eigenvalue weighted by Gasteiger charge is 2.49. The van der Waals surface area contributed by atoms with Crippen molar-refractivity contribution in [2.75, 3.05) is 6.61 Å². The van der Waals surface area contributed by atoms with Crippen LogP contribution < -0.4 is 10.4 Å². The number of hydrogen-bond acceptors (Lipinski definition) is 1. The Balaban J connectivity index is 2.04. The molecule has 3 aromatic carbocycles. The van der Waals surface area contributed by atoms with Gasteiger partial charge in [0.1, 0.15) is 8.07 Å². The predicted octanol–water partition coefficient (Wildman–Crippen LogP) is 6.42. The Labute approximate surface area is 214 Å². The van der Waals surface area contributed by atoms with Gasteiger partial charge in [-0.15, -0.1) is 5.54 Å². The fraction of sp³-hybridized carbons (Fsp3) is 0.250. The van der Waals surface area contributed by atoms with Crippen molar-refractivity contribution >= 4 is 26.8 Å². The molecule has 35 heavy (non-hydrogen) atoms. The summed E-state index contributed by atoms with van der Waals surface area (Å²) in [4.78, 5) is 0. The molecule has 0 spiro atoms. The molecule has 0 saturated carbocycles. The molecule has 3 aromatic rings. The summed E-state index contributed by atoms with van der Waals surface area (Å²) in [6, 6.07) is 31.5. The van der Waals surface area contributed by atoms with Gasteiger partial charge in [-0.1, -0.05) is 137 Å². The lowest BCUT2D eigenvalue weighted by molar-refractivity contribution is 0.339. The first-order valence-corrected chi connectivity index (χ1v) is 17.6. The molecule has 0 aliphatic heterocycles. The molecular weight excluding hydrogens is 457 g/mol. The first-order chi connectivity index (χ1) is 16.6. The smallest absolute Gasteiger partial charge is 0.261 e. The van der Waals surface area contributed by atoms with Gasteiger partial charge in [-0.2, -0.15) is 0 Å². The lowest BCUT2D eigenvalue weighted by Crippen LogP contribution is -2.66. The van der Waals surface area contributed by atoms with E-state index in [0.29, 0.717) is 6.61 Å². The SMILES string of the molecule is CC(C)(C)[Si](OC/C=C(/C#Cc1ccccc1)C#C[Si](C)(C)C)(c1ccccc1)c1ccccc1. The van der Waals surface area contributed by atoms with Gasteiger partial charge >= 0.3 is 0 Å². The van der Waals surface area contributed by atoms with Crippen LogP contribution in [0.1, 0.15) is 26.3 Å². The summed E-state index contributed by atoms with van der Waals surface area (Å²) in [5, 5.41) is 2.48. The van der Waals surface area contributed by atoms with Crippen molar-refractivity contribution in [3.05, 3.63) is 108 Å². The standard InChI is InChI=1S/C32H36OSi2/c1-32(2,3)35(30-18-12-8-13-19-30,31-20-14-9-15-21-31)33-26-24-29(25-27-34(4,5)6)23-22-28-16-10-7-11-17-28/h7-21,24H,26H2,1-6H3/b29-24-. The van der Waals surface area contributed by atoms with Crippen LogP contribution in [-0.2, 0) is 4.43 Å². The third-order valence-corrected chi connectivity index (χ3v) is 11.6. The summed E-state index contributed by atoms with van der Waals surface area (Å²) < 4.78 is 7.02. The van der Waals surface area contributed by atoms with Crippen LogP contribution in [0.15, 0.2) is 103 Å².